The third-order valence-electron chi connectivity index (χ3n) is 10.7. The van der Waals surface area contributed by atoms with Crippen molar-refractivity contribution in [2.45, 2.75) is 94.4 Å². The summed E-state index contributed by atoms with van der Waals surface area (Å²) in [5.41, 5.74) is 8.96. The van der Waals surface area contributed by atoms with E-state index in [1.807, 2.05) is 6.07 Å². The van der Waals surface area contributed by atoms with Crippen LogP contribution in [0.5, 0.6) is 0 Å². The smallest absolute Gasteiger partial charge is 0.387 e. The number of pyridine rings is 1. The Balaban J connectivity index is 0.000000209. The second kappa shape index (κ2) is 19.9. The van der Waals surface area contributed by atoms with Gasteiger partial charge in [0.25, 0.3) is 0 Å². The highest BCUT2D eigenvalue weighted by Crippen LogP contribution is 2.59. The molecule has 12 atom stereocenters. The van der Waals surface area contributed by atoms with E-state index in [1.54, 1.807) is 48.9 Å². The monoisotopic (exact) mass is 955 g/mol. The number of ether oxygens (including phenoxy) is 2. The van der Waals surface area contributed by atoms with Crippen LogP contribution in [0, 0.1) is 0 Å². The lowest BCUT2D eigenvalue weighted by Gasteiger charge is -2.33. The molecule has 7 heterocycles. The van der Waals surface area contributed by atoms with Crippen LogP contribution in [-0.2, 0) is 45.7 Å². The first-order valence-electron chi connectivity index (χ1n) is 19.5. The fourth-order valence-corrected chi connectivity index (χ4v) is 10.4. The zero-order chi connectivity index (χ0) is 45.3. The third-order valence-corrected chi connectivity index (χ3v) is 13.9. The van der Waals surface area contributed by atoms with Crippen LogP contribution in [0.2, 0.25) is 5.02 Å². The van der Waals surface area contributed by atoms with Gasteiger partial charge in [-0.15, -0.1) is 0 Å². The topological polar surface area (TPSA) is 304 Å². The minimum absolute atomic E-state index is 0. The molecule has 2 aromatic heterocycles. The number of aliphatic hydroxyl groups is 4. The number of amidine groups is 1. The number of aliphatic hydroxyl groups excluding tert-OH is 4. The fraction of sp³-hybridized carbons (Fsp3) is 0.487. The molecule has 4 saturated heterocycles. The number of aromatic nitrogens is 3. The summed E-state index contributed by atoms with van der Waals surface area (Å²) in [6, 6.07) is 11.9. The summed E-state index contributed by atoms with van der Waals surface area (Å²) in [5, 5.41) is 42.7. The van der Waals surface area contributed by atoms with E-state index in [4.69, 9.17) is 59.7 Å². The average molecular weight is 956 g/mol. The van der Waals surface area contributed by atoms with Crippen LogP contribution in [0.25, 0.3) is 0 Å². The van der Waals surface area contributed by atoms with E-state index in [-0.39, 0.29) is 44.7 Å². The van der Waals surface area contributed by atoms with Gasteiger partial charge in [0.1, 0.15) is 53.1 Å². The molecule has 5 aliphatic rings. The zero-order valence-corrected chi connectivity index (χ0v) is 36.5. The minimum Gasteiger partial charge on any atom is -0.387 e. The Bertz CT molecular complexity index is 2370. The van der Waals surface area contributed by atoms with Gasteiger partial charge in [-0.2, -0.15) is 4.98 Å². The van der Waals surface area contributed by atoms with Gasteiger partial charge in [0, 0.05) is 42.7 Å². The molecular formula is C39H52ClN7O15P2. The molecule has 4 fully saturated rings. The molecule has 8 N–H and O–H groups in total. The number of nitrogens with zero attached hydrogens (tertiary/aromatic N) is 5. The van der Waals surface area contributed by atoms with Crippen molar-refractivity contribution in [3.8, 4) is 0 Å². The fourth-order valence-electron chi connectivity index (χ4n) is 7.20. The number of nitrogen functional groups attached to an aromatic ring is 1. The molecular weight excluding hydrogens is 904 g/mol. The van der Waals surface area contributed by atoms with Gasteiger partial charge in [0.2, 0.25) is 0 Å². The first-order chi connectivity index (χ1) is 29.8. The molecule has 0 saturated carbocycles. The number of nitrogens with two attached hydrogens (primary N) is 2. The van der Waals surface area contributed by atoms with E-state index in [0.717, 1.165) is 15.7 Å². The van der Waals surface area contributed by atoms with Gasteiger partial charge in [0.15, 0.2) is 12.5 Å². The molecule has 5 aliphatic heterocycles. The Morgan fingerprint density at radius 3 is 2.00 bits per heavy atom. The molecule has 4 unspecified atom stereocenters. The maximum atomic E-state index is 13.1. The van der Waals surface area contributed by atoms with E-state index < -0.39 is 88.2 Å². The Hall–Kier alpha value is -3.93. The average Bonchev–Trinajstić information content (AvgIpc) is 3.62. The Labute approximate surface area is 373 Å². The highest BCUT2D eigenvalue weighted by molar-refractivity contribution is 7.48. The Kier molecular flexibility index (Phi) is 15.4. The first kappa shape index (κ1) is 49.5. The van der Waals surface area contributed by atoms with E-state index >= 15 is 0 Å². The van der Waals surface area contributed by atoms with Crippen LogP contribution < -0.4 is 17.2 Å². The van der Waals surface area contributed by atoms with Gasteiger partial charge >= 0.3 is 21.3 Å². The molecule has 350 valence electrons. The largest absolute Gasteiger partial charge is 0.475 e. The molecule has 1 aromatic carbocycles. The Morgan fingerprint density at radius 1 is 0.875 bits per heavy atom. The van der Waals surface area contributed by atoms with Crippen molar-refractivity contribution in [2.24, 2.45) is 10.7 Å². The predicted molar refractivity (Wildman–Crippen MR) is 229 cm³/mol. The van der Waals surface area contributed by atoms with Crippen LogP contribution in [0.3, 0.4) is 0 Å². The summed E-state index contributed by atoms with van der Waals surface area (Å²) in [5.74, 6) is 0.501. The number of rotatable bonds is 10. The summed E-state index contributed by atoms with van der Waals surface area (Å²) in [4.78, 5) is 25.1. The lowest BCUT2D eigenvalue weighted by atomic mass is 9.98. The van der Waals surface area contributed by atoms with E-state index in [1.165, 1.54) is 37.1 Å². The number of aliphatic imine (C=N–C) groups is 1. The van der Waals surface area contributed by atoms with Gasteiger partial charge in [-0.1, -0.05) is 37.7 Å². The van der Waals surface area contributed by atoms with Crippen LogP contribution >= 0.6 is 27.2 Å². The van der Waals surface area contributed by atoms with Crippen molar-refractivity contribution in [1.82, 2.24) is 19.4 Å². The number of phosphoric acid groups is 2. The quantitative estimate of drug-likeness (QED) is 0.158. The molecule has 64 heavy (non-hydrogen) atoms. The maximum Gasteiger partial charge on any atom is 0.475 e. The number of hydrogen-bond donors (Lipinski definition) is 6. The lowest BCUT2D eigenvalue weighted by molar-refractivity contribution is -0.126. The summed E-state index contributed by atoms with van der Waals surface area (Å²) in [6.07, 6.45) is -0.430. The normalized spacial score (nSPS) is 36.1. The summed E-state index contributed by atoms with van der Waals surface area (Å²) in [7, 11) is -7.94. The molecule has 3 aromatic rings. The van der Waals surface area contributed by atoms with E-state index in [9.17, 15) is 34.4 Å². The van der Waals surface area contributed by atoms with Crippen molar-refractivity contribution in [1.29, 1.82) is 0 Å². The lowest BCUT2D eigenvalue weighted by Crippen LogP contribution is -2.44. The number of phosphoric ester groups is 2. The molecule has 22 nitrogen and oxygen atoms in total. The minimum atomic E-state index is -3.97. The van der Waals surface area contributed by atoms with Gasteiger partial charge in [-0.3, -0.25) is 36.7 Å². The van der Waals surface area contributed by atoms with Crippen LogP contribution in [0.1, 0.15) is 63.7 Å². The molecule has 0 aliphatic carbocycles. The second-order valence-electron chi connectivity index (χ2n) is 15.4. The van der Waals surface area contributed by atoms with Crippen molar-refractivity contribution in [3.63, 3.8) is 0 Å². The van der Waals surface area contributed by atoms with Crippen molar-refractivity contribution < 1.29 is 66.2 Å². The SMILES string of the molecule is C.C=C1N=C(N)C=CN1[C@@H]1O[C@](C)(COP2(=O)OCCC(c3cccc(Cl)c3)O2)[C@@H](O)[C@H]1O.C[C@]1(COP2(=O)OCCC(c3ccncc3)O2)O[C@@H](n2ccc(N)nc2=O)[C@H](O)[C@@H]1O. The Morgan fingerprint density at radius 2 is 1.44 bits per heavy atom. The maximum absolute atomic E-state index is 13.1. The van der Waals surface area contributed by atoms with Crippen LogP contribution in [-0.4, -0.2) is 114 Å². The van der Waals surface area contributed by atoms with Gasteiger partial charge in [-0.05, 0) is 61.4 Å². The molecule has 25 heteroatoms. The predicted octanol–water partition coefficient (Wildman–Crippen LogP) is 3.61. The number of anilines is 1. The highest BCUT2D eigenvalue weighted by Gasteiger charge is 2.56. The summed E-state index contributed by atoms with van der Waals surface area (Å²) in [6.45, 7) is 6.26. The summed E-state index contributed by atoms with van der Waals surface area (Å²) < 4.78 is 71.4. The van der Waals surface area contributed by atoms with E-state index in [0.29, 0.717) is 17.9 Å². The van der Waals surface area contributed by atoms with Gasteiger partial charge < -0.3 is 46.3 Å². The molecule has 0 spiro atoms. The van der Waals surface area contributed by atoms with Crippen LogP contribution in [0.15, 0.2) is 95.5 Å². The summed E-state index contributed by atoms with van der Waals surface area (Å²) >= 11 is 6.04. The number of benzene rings is 1. The standard InChI is InChI=1S/C20H25ClN3O7P.C18H23N4O8P.CH4/c1-12-23-16(22)6-8-24(12)19-17(25)18(26)20(2,30-19)11-29-32(27)28-9-7-15(31-32)13-4-3-5-14(21)10-13;1-18(15(24)14(23)16(29-18)22-8-4-13(19)21-17(22)25)10-28-31(26)27-9-5-12(30-31)11-2-6-20-7-3-11;/h3-6,8,10,15,17-19,25-26H,1,7,9,11H2,2H3,(H2,22,23);2-4,6-8,12,14-16,23-24H,5,9-10H2,1H3,(H2,19,21,25);1H4/t15?,17-,18+,19-,20-,32?;12?,14-,15+,16-,18-,31?;/m11./s1. The highest BCUT2D eigenvalue weighted by atomic mass is 35.5. The molecule has 0 radical (unpaired) electrons. The molecule has 0 bridgehead atoms. The van der Waals surface area contributed by atoms with Crippen molar-refractivity contribution >= 4 is 38.9 Å². The van der Waals surface area contributed by atoms with E-state index in [2.05, 4.69) is 21.5 Å². The van der Waals surface area contributed by atoms with Crippen LogP contribution in [0.4, 0.5) is 5.82 Å². The zero-order valence-electron chi connectivity index (χ0n) is 33.9. The third kappa shape index (κ3) is 10.8. The molecule has 0 amide bonds. The first-order valence-corrected chi connectivity index (χ1v) is 22.8. The number of hydrogen-bond acceptors (Lipinski definition) is 21. The second-order valence-corrected chi connectivity index (χ2v) is 19.1. The van der Waals surface area contributed by atoms with Gasteiger partial charge in [-0.25, -0.2) is 18.9 Å². The molecule has 8 rings (SSSR count). The van der Waals surface area contributed by atoms with Crippen molar-refractivity contribution in [3.05, 3.63) is 112 Å². The van der Waals surface area contributed by atoms with Gasteiger partial charge in [0.05, 0.1) is 38.6 Å². The number of halogens is 1. The van der Waals surface area contributed by atoms with Crippen molar-refractivity contribution in [2.75, 3.05) is 32.2 Å².